The summed E-state index contributed by atoms with van der Waals surface area (Å²) in [7, 11) is -3.79. The van der Waals surface area contributed by atoms with Gasteiger partial charge in [0.15, 0.2) is 6.61 Å². The second kappa shape index (κ2) is 8.13. The lowest BCUT2D eigenvalue weighted by molar-refractivity contribution is -0.124. The summed E-state index contributed by atoms with van der Waals surface area (Å²) in [6.45, 7) is 3.13. The highest BCUT2D eigenvalue weighted by molar-refractivity contribution is 7.94. The highest BCUT2D eigenvalue weighted by atomic mass is 32.2. The van der Waals surface area contributed by atoms with Crippen LogP contribution in [0, 0.1) is 0 Å². The summed E-state index contributed by atoms with van der Waals surface area (Å²) < 4.78 is 32.1. The van der Waals surface area contributed by atoms with Gasteiger partial charge in [0.2, 0.25) is 0 Å². The first-order chi connectivity index (χ1) is 11.8. The van der Waals surface area contributed by atoms with Gasteiger partial charge in [-0.3, -0.25) is 9.52 Å². The number of anilines is 1. The van der Waals surface area contributed by atoms with Crippen molar-refractivity contribution in [2.24, 2.45) is 0 Å². The number of benzene rings is 1. The fourth-order valence-electron chi connectivity index (χ4n) is 1.93. The number of amides is 1. The third kappa shape index (κ3) is 5.30. The molecule has 7 nitrogen and oxygen atoms in total. The number of ether oxygens (including phenoxy) is 1. The van der Waals surface area contributed by atoms with Gasteiger partial charge in [0, 0.05) is 6.04 Å². The van der Waals surface area contributed by atoms with Gasteiger partial charge in [-0.1, -0.05) is 18.2 Å². The van der Waals surface area contributed by atoms with E-state index in [0.29, 0.717) is 0 Å². The third-order valence-electron chi connectivity index (χ3n) is 2.94. The van der Waals surface area contributed by atoms with Gasteiger partial charge in [-0.2, -0.15) is 0 Å². The first-order valence-electron chi connectivity index (χ1n) is 7.41. The van der Waals surface area contributed by atoms with Crippen LogP contribution in [0.2, 0.25) is 0 Å². The topological polar surface area (TPSA) is 102 Å². The highest BCUT2D eigenvalue weighted by Gasteiger charge is 2.20. The lowest BCUT2D eigenvalue weighted by atomic mass is 10.2. The number of thiophene rings is 1. The van der Waals surface area contributed by atoms with Crippen LogP contribution < -0.4 is 10.0 Å². The van der Waals surface area contributed by atoms with Crippen LogP contribution in [0.4, 0.5) is 5.69 Å². The fourth-order valence-corrected chi connectivity index (χ4v) is 4.01. The van der Waals surface area contributed by atoms with E-state index in [-0.39, 0.29) is 21.5 Å². The zero-order chi connectivity index (χ0) is 18.4. The fraction of sp³-hybridized carbons (Fsp3) is 0.250. The Morgan fingerprint density at radius 1 is 1.16 bits per heavy atom. The molecule has 0 unspecified atom stereocenters. The molecular formula is C16H18N2O5S2. The Hall–Kier alpha value is -2.39. The number of nitrogens with one attached hydrogen (secondary N) is 2. The minimum Gasteiger partial charge on any atom is -0.452 e. The summed E-state index contributed by atoms with van der Waals surface area (Å²) in [6.07, 6.45) is 0. The third-order valence-corrected chi connectivity index (χ3v) is 5.70. The maximum absolute atomic E-state index is 12.3. The normalized spacial score (nSPS) is 11.2. The summed E-state index contributed by atoms with van der Waals surface area (Å²) in [5.41, 5.74) is 0.116. The van der Waals surface area contributed by atoms with E-state index in [4.69, 9.17) is 4.74 Å². The van der Waals surface area contributed by atoms with E-state index in [1.165, 1.54) is 18.2 Å². The van der Waals surface area contributed by atoms with Crippen LogP contribution in [0.1, 0.15) is 24.2 Å². The number of rotatable bonds is 7. The summed E-state index contributed by atoms with van der Waals surface area (Å²) >= 11 is 1.06. The Morgan fingerprint density at radius 2 is 1.88 bits per heavy atom. The summed E-state index contributed by atoms with van der Waals surface area (Å²) in [6, 6.07) is 9.06. The molecule has 0 radical (unpaired) electrons. The quantitative estimate of drug-likeness (QED) is 0.715. The monoisotopic (exact) mass is 382 g/mol. The van der Waals surface area contributed by atoms with Crippen LogP contribution >= 0.6 is 11.3 Å². The van der Waals surface area contributed by atoms with Gasteiger partial charge in [-0.05, 0) is 37.4 Å². The number of hydrogen-bond acceptors (Lipinski definition) is 6. The molecular weight excluding hydrogens is 364 g/mol. The lowest BCUT2D eigenvalue weighted by Gasteiger charge is -2.12. The Labute approximate surface area is 150 Å². The second-order valence-electron chi connectivity index (χ2n) is 5.38. The molecule has 25 heavy (non-hydrogen) atoms. The molecule has 1 amide bonds. The van der Waals surface area contributed by atoms with Crippen LogP contribution in [-0.4, -0.2) is 32.9 Å². The summed E-state index contributed by atoms with van der Waals surface area (Å²) in [4.78, 5) is 23.8. The molecule has 0 aliphatic heterocycles. The van der Waals surface area contributed by atoms with Crippen molar-refractivity contribution < 1.29 is 22.7 Å². The molecule has 0 aliphatic rings. The van der Waals surface area contributed by atoms with Crippen molar-refractivity contribution in [3.63, 3.8) is 0 Å². The maximum Gasteiger partial charge on any atom is 0.340 e. The number of hydrogen-bond donors (Lipinski definition) is 2. The predicted molar refractivity (Wildman–Crippen MR) is 95.1 cm³/mol. The zero-order valence-electron chi connectivity index (χ0n) is 13.7. The second-order valence-corrected chi connectivity index (χ2v) is 8.24. The number of carbonyl (C=O) groups is 2. The largest absolute Gasteiger partial charge is 0.452 e. The van der Waals surface area contributed by atoms with Crippen molar-refractivity contribution in [1.82, 2.24) is 5.32 Å². The van der Waals surface area contributed by atoms with Gasteiger partial charge in [-0.15, -0.1) is 11.3 Å². The number of carbonyl (C=O) groups excluding carboxylic acids is 2. The van der Waals surface area contributed by atoms with Gasteiger partial charge in [0.25, 0.3) is 15.9 Å². The Balaban J connectivity index is 2.12. The van der Waals surface area contributed by atoms with E-state index in [9.17, 15) is 18.0 Å². The van der Waals surface area contributed by atoms with Crippen LogP contribution in [0.15, 0.2) is 46.0 Å². The molecule has 1 aromatic heterocycles. The Bertz CT molecular complexity index is 845. The van der Waals surface area contributed by atoms with Crippen molar-refractivity contribution in [1.29, 1.82) is 0 Å². The summed E-state index contributed by atoms with van der Waals surface area (Å²) in [5, 5.41) is 4.24. The molecule has 0 spiro atoms. The van der Waals surface area contributed by atoms with Gasteiger partial charge in [0.05, 0.1) is 11.3 Å². The average molecular weight is 382 g/mol. The molecule has 2 N–H and O–H groups in total. The molecule has 2 aromatic rings. The van der Waals surface area contributed by atoms with E-state index in [0.717, 1.165) is 11.3 Å². The molecule has 0 saturated heterocycles. The van der Waals surface area contributed by atoms with E-state index in [1.807, 2.05) is 0 Å². The molecule has 0 aliphatic carbocycles. The average Bonchev–Trinajstić information content (AvgIpc) is 3.07. The first kappa shape index (κ1) is 18.9. The minimum atomic E-state index is -3.79. The van der Waals surface area contributed by atoms with E-state index in [1.54, 1.807) is 37.4 Å². The van der Waals surface area contributed by atoms with E-state index in [2.05, 4.69) is 10.0 Å². The van der Waals surface area contributed by atoms with E-state index >= 15 is 0 Å². The molecule has 0 bridgehead atoms. The molecule has 1 heterocycles. The van der Waals surface area contributed by atoms with Gasteiger partial charge in [-0.25, -0.2) is 13.2 Å². The number of sulfonamides is 1. The molecule has 0 saturated carbocycles. The SMILES string of the molecule is CC(C)NC(=O)COC(=O)c1ccccc1NS(=O)(=O)c1cccs1. The van der Waals surface area contributed by atoms with Gasteiger partial charge < -0.3 is 10.1 Å². The maximum atomic E-state index is 12.3. The molecule has 0 fully saturated rings. The van der Waals surface area contributed by atoms with Crippen LogP contribution in [0.25, 0.3) is 0 Å². The van der Waals surface area contributed by atoms with Crippen molar-refractivity contribution in [3.05, 3.63) is 47.3 Å². The Morgan fingerprint density at radius 3 is 2.52 bits per heavy atom. The highest BCUT2D eigenvalue weighted by Crippen LogP contribution is 2.23. The van der Waals surface area contributed by atoms with Crippen molar-refractivity contribution in [3.8, 4) is 0 Å². The minimum absolute atomic E-state index is 0.0278. The standard InChI is InChI=1S/C16H18N2O5S2/c1-11(2)17-14(19)10-23-16(20)12-6-3-4-7-13(12)18-25(21,22)15-8-5-9-24-15/h3-9,11,18H,10H2,1-2H3,(H,17,19). The molecule has 9 heteroatoms. The molecule has 134 valence electrons. The van der Waals surface area contributed by atoms with Crippen molar-refractivity contribution >= 4 is 38.9 Å². The van der Waals surface area contributed by atoms with Crippen LogP contribution in [0.5, 0.6) is 0 Å². The first-order valence-corrected chi connectivity index (χ1v) is 9.77. The predicted octanol–water partition coefficient (Wildman–Crippen LogP) is 2.23. The number of para-hydroxylation sites is 1. The van der Waals surface area contributed by atoms with Crippen molar-refractivity contribution in [2.45, 2.75) is 24.1 Å². The van der Waals surface area contributed by atoms with Crippen LogP contribution in [0.3, 0.4) is 0 Å². The molecule has 2 rings (SSSR count). The molecule has 1 aromatic carbocycles. The number of esters is 1. The van der Waals surface area contributed by atoms with Gasteiger partial charge in [0.1, 0.15) is 4.21 Å². The van der Waals surface area contributed by atoms with E-state index < -0.39 is 28.5 Å². The summed E-state index contributed by atoms with van der Waals surface area (Å²) in [5.74, 6) is -1.22. The molecule has 0 atom stereocenters. The smallest absolute Gasteiger partial charge is 0.340 e. The van der Waals surface area contributed by atoms with Crippen molar-refractivity contribution in [2.75, 3.05) is 11.3 Å². The zero-order valence-corrected chi connectivity index (χ0v) is 15.3. The van der Waals surface area contributed by atoms with Crippen LogP contribution in [-0.2, 0) is 19.6 Å². The Kier molecular flexibility index (Phi) is 6.16. The lowest BCUT2D eigenvalue weighted by Crippen LogP contribution is -2.34. The van der Waals surface area contributed by atoms with Gasteiger partial charge >= 0.3 is 5.97 Å².